The normalized spacial score (nSPS) is 23.1. The molecule has 18 heavy (non-hydrogen) atoms. The highest BCUT2D eigenvalue weighted by molar-refractivity contribution is 5.98. The molecule has 1 aromatic rings. The molecular weight excluding hydrogens is 231 g/mol. The van der Waals surface area contributed by atoms with Gasteiger partial charge in [-0.05, 0) is 37.3 Å². The molecule has 98 valence electrons. The van der Waals surface area contributed by atoms with Crippen LogP contribution >= 0.6 is 0 Å². The van der Waals surface area contributed by atoms with Gasteiger partial charge in [0.1, 0.15) is 0 Å². The van der Waals surface area contributed by atoms with Crippen molar-refractivity contribution in [2.24, 2.45) is 11.8 Å². The van der Waals surface area contributed by atoms with E-state index >= 15 is 0 Å². The van der Waals surface area contributed by atoms with Crippen LogP contribution in [0.2, 0.25) is 0 Å². The van der Waals surface area contributed by atoms with Gasteiger partial charge in [0.05, 0.1) is 12.7 Å². The lowest BCUT2D eigenvalue weighted by Gasteiger charge is -2.11. The summed E-state index contributed by atoms with van der Waals surface area (Å²) in [5.74, 6) is 0.155. The lowest BCUT2D eigenvalue weighted by atomic mass is 9.94. The number of hydrogen-bond acceptors (Lipinski definition) is 2. The molecule has 2 unspecified atom stereocenters. The zero-order valence-corrected chi connectivity index (χ0v) is 10.9. The Bertz CT molecular complexity index is 442. The van der Waals surface area contributed by atoms with Gasteiger partial charge in [-0.25, -0.2) is 4.39 Å². The van der Waals surface area contributed by atoms with Crippen LogP contribution in [-0.4, -0.2) is 12.9 Å². The number of ether oxygens (including phenoxy) is 1. The predicted octanol–water partition coefficient (Wildman–Crippen LogP) is 3.84. The number of ketones is 1. The number of carbonyl (C=O) groups excluding carboxylic acids is 1. The minimum Gasteiger partial charge on any atom is -0.494 e. The molecule has 0 aromatic heterocycles. The average molecular weight is 250 g/mol. The lowest BCUT2D eigenvalue weighted by molar-refractivity contribution is 0.0915. The van der Waals surface area contributed by atoms with E-state index in [-0.39, 0.29) is 23.0 Å². The molecule has 1 aliphatic rings. The second kappa shape index (κ2) is 5.51. The van der Waals surface area contributed by atoms with Crippen LogP contribution in [0.15, 0.2) is 18.2 Å². The second-order valence-corrected chi connectivity index (χ2v) is 4.97. The fourth-order valence-electron chi connectivity index (χ4n) is 2.76. The highest BCUT2D eigenvalue weighted by atomic mass is 19.1. The van der Waals surface area contributed by atoms with Crippen LogP contribution in [0.3, 0.4) is 0 Å². The molecule has 0 spiro atoms. The Labute approximate surface area is 107 Å². The number of Topliss-reactive ketones (excluding diaryl/α,β-unsaturated/α-hetero) is 1. The van der Waals surface area contributed by atoms with Crippen molar-refractivity contribution in [3.05, 3.63) is 29.6 Å². The molecule has 0 aliphatic heterocycles. The van der Waals surface area contributed by atoms with Gasteiger partial charge in [0, 0.05) is 5.92 Å². The van der Waals surface area contributed by atoms with Crippen molar-refractivity contribution in [2.45, 2.75) is 32.6 Å². The molecule has 0 amide bonds. The second-order valence-electron chi connectivity index (χ2n) is 4.97. The summed E-state index contributed by atoms with van der Waals surface area (Å²) < 4.78 is 18.9. The maximum Gasteiger partial charge on any atom is 0.175 e. The van der Waals surface area contributed by atoms with Crippen LogP contribution in [0.4, 0.5) is 4.39 Å². The Balaban J connectivity index is 2.19. The number of rotatable bonds is 4. The fraction of sp³-hybridized carbons (Fsp3) is 0.533. The standard InChI is InChI=1S/C15H19FO2/c1-3-10-7-8-11(9-10)15(17)12-5-4-6-13(18-2)14(12)16/h4-6,10-11H,3,7-9H2,1-2H3. The topological polar surface area (TPSA) is 26.3 Å². The first kappa shape index (κ1) is 13.1. The monoisotopic (exact) mass is 250 g/mol. The number of methoxy groups -OCH3 is 1. The first-order valence-electron chi connectivity index (χ1n) is 6.54. The Kier molecular flexibility index (Phi) is 4.00. The first-order chi connectivity index (χ1) is 8.67. The molecule has 2 atom stereocenters. The largest absolute Gasteiger partial charge is 0.494 e. The molecule has 1 aromatic carbocycles. The quantitative estimate of drug-likeness (QED) is 0.759. The van der Waals surface area contributed by atoms with Crippen molar-refractivity contribution in [3.63, 3.8) is 0 Å². The molecule has 1 saturated carbocycles. The number of carbonyl (C=O) groups is 1. The van der Waals surface area contributed by atoms with Gasteiger partial charge >= 0.3 is 0 Å². The van der Waals surface area contributed by atoms with E-state index in [1.165, 1.54) is 13.2 Å². The van der Waals surface area contributed by atoms with Gasteiger partial charge in [-0.1, -0.05) is 19.4 Å². The Morgan fingerprint density at radius 2 is 2.22 bits per heavy atom. The minimum absolute atomic E-state index is 0.0171. The summed E-state index contributed by atoms with van der Waals surface area (Å²) in [6.07, 6.45) is 3.96. The van der Waals surface area contributed by atoms with Gasteiger partial charge in [0.15, 0.2) is 17.3 Å². The van der Waals surface area contributed by atoms with E-state index in [1.54, 1.807) is 12.1 Å². The number of halogens is 1. The average Bonchev–Trinajstić information content (AvgIpc) is 2.87. The van der Waals surface area contributed by atoms with Crippen molar-refractivity contribution < 1.29 is 13.9 Å². The van der Waals surface area contributed by atoms with Crippen LogP contribution < -0.4 is 4.74 Å². The molecule has 0 heterocycles. The number of benzene rings is 1. The first-order valence-corrected chi connectivity index (χ1v) is 6.54. The smallest absolute Gasteiger partial charge is 0.175 e. The zero-order chi connectivity index (χ0) is 13.1. The van der Waals surface area contributed by atoms with Crippen molar-refractivity contribution in [1.82, 2.24) is 0 Å². The molecule has 0 N–H and O–H groups in total. The summed E-state index contributed by atoms with van der Waals surface area (Å²) in [5, 5.41) is 0. The molecule has 2 rings (SSSR count). The molecule has 3 heteroatoms. The SMILES string of the molecule is CCC1CCC(C(=O)c2cccc(OC)c2F)C1. The number of hydrogen-bond donors (Lipinski definition) is 0. The van der Waals surface area contributed by atoms with Gasteiger partial charge in [0.25, 0.3) is 0 Å². The van der Waals surface area contributed by atoms with E-state index in [0.29, 0.717) is 5.92 Å². The van der Waals surface area contributed by atoms with E-state index in [0.717, 1.165) is 25.7 Å². The summed E-state index contributed by atoms with van der Waals surface area (Å²) in [6, 6.07) is 4.76. The molecule has 1 aliphatic carbocycles. The van der Waals surface area contributed by atoms with Crippen LogP contribution in [0, 0.1) is 17.7 Å². The maximum absolute atomic E-state index is 14.0. The van der Waals surface area contributed by atoms with Gasteiger partial charge in [-0.2, -0.15) is 0 Å². The molecule has 0 bridgehead atoms. The summed E-state index contributed by atoms with van der Waals surface area (Å²) in [4.78, 5) is 12.3. The lowest BCUT2D eigenvalue weighted by Crippen LogP contribution is -2.14. The van der Waals surface area contributed by atoms with Crippen LogP contribution in [0.1, 0.15) is 43.0 Å². The van der Waals surface area contributed by atoms with Crippen molar-refractivity contribution >= 4 is 5.78 Å². The van der Waals surface area contributed by atoms with Gasteiger partial charge in [-0.15, -0.1) is 0 Å². The van der Waals surface area contributed by atoms with Crippen molar-refractivity contribution in [2.75, 3.05) is 7.11 Å². The molecule has 1 fully saturated rings. The Hall–Kier alpha value is -1.38. The highest BCUT2D eigenvalue weighted by Gasteiger charge is 2.31. The van der Waals surface area contributed by atoms with E-state index in [1.807, 2.05) is 0 Å². The van der Waals surface area contributed by atoms with Crippen molar-refractivity contribution in [1.29, 1.82) is 0 Å². The molecule has 2 nitrogen and oxygen atoms in total. The maximum atomic E-state index is 14.0. The molecule has 0 radical (unpaired) electrons. The molecule has 0 saturated heterocycles. The van der Waals surface area contributed by atoms with Crippen molar-refractivity contribution in [3.8, 4) is 5.75 Å². The van der Waals surface area contributed by atoms with Crippen LogP contribution in [0.25, 0.3) is 0 Å². The third-order valence-electron chi connectivity index (χ3n) is 3.94. The zero-order valence-electron chi connectivity index (χ0n) is 10.9. The van der Waals surface area contributed by atoms with Gasteiger partial charge in [-0.3, -0.25) is 4.79 Å². The van der Waals surface area contributed by atoms with Gasteiger partial charge in [0.2, 0.25) is 0 Å². The van der Waals surface area contributed by atoms with Crippen LogP contribution in [0.5, 0.6) is 5.75 Å². The van der Waals surface area contributed by atoms with Crippen LogP contribution in [-0.2, 0) is 0 Å². The highest BCUT2D eigenvalue weighted by Crippen LogP contribution is 2.36. The summed E-state index contributed by atoms with van der Waals surface area (Å²) >= 11 is 0. The minimum atomic E-state index is -0.523. The summed E-state index contributed by atoms with van der Waals surface area (Å²) in [7, 11) is 1.41. The fourth-order valence-corrected chi connectivity index (χ4v) is 2.76. The summed E-state index contributed by atoms with van der Waals surface area (Å²) in [5.41, 5.74) is 0.177. The van der Waals surface area contributed by atoms with Gasteiger partial charge < -0.3 is 4.74 Å². The van der Waals surface area contributed by atoms with E-state index in [9.17, 15) is 9.18 Å². The third-order valence-corrected chi connectivity index (χ3v) is 3.94. The summed E-state index contributed by atoms with van der Waals surface area (Å²) in [6.45, 7) is 2.14. The Morgan fingerprint density at radius 1 is 1.44 bits per heavy atom. The predicted molar refractivity (Wildman–Crippen MR) is 68.4 cm³/mol. The molecular formula is C15H19FO2. The van der Waals surface area contributed by atoms with E-state index in [2.05, 4.69) is 6.92 Å². The van der Waals surface area contributed by atoms with E-state index < -0.39 is 5.82 Å². The van der Waals surface area contributed by atoms with E-state index in [4.69, 9.17) is 4.74 Å². The third kappa shape index (κ3) is 2.40. The Morgan fingerprint density at radius 3 is 2.83 bits per heavy atom.